The van der Waals surface area contributed by atoms with Crippen molar-refractivity contribution in [3.63, 3.8) is 0 Å². The van der Waals surface area contributed by atoms with E-state index in [1.165, 1.54) is 36.2 Å². The number of amides is 1. The maximum atomic E-state index is 13.2. The van der Waals surface area contributed by atoms with Gasteiger partial charge in [-0.05, 0) is 42.8 Å². The average molecular weight is 485 g/mol. The van der Waals surface area contributed by atoms with Gasteiger partial charge in [0, 0.05) is 36.3 Å². The Kier molecular flexibility index (Phi) is 8.55. The van der Waals surface area contributed by atoms with Crippen LogP contribution in [-0.2, 0) is 16.6 Å². The molecule has 0 saturated heterocycles. The molecule has 0 saturated carbocycles. The first-order chi connectivity index (χ1) is 15.8. The van der Waals surface area contributed by atoms with Gasteiger partial charge in [-0.1, -0.05) is 48.0 Å². The highest BCUT2D eigenvalue weighted by atomic mass is 32.2. The molecule has 0 fully saturated rings. The van der Waals surface area contributed by atoms with Crippen LogP contribution in [0.25, 0.3) is 0 Å². The lowest BCUT2D eigenvalue weighted by molar-refractivity contribution is 0.0956. The molecule has 0 aliphatic carbocycles. The summed E-state index contributed by atoms with van der Waals surface area (Å²) >= 11 is 1.65. The molecule has 0 heterocycles. The topological polar surface area (TPSA) is 75.7 Å². The van der Waals surface area contributed by atoms with Crippen molar-refractivity contribution in [3.8, 4) is 5.75 Å². The number of benzene rings is 3. The molecule has 0 bridgehead atoms. The Morgan fingerprint density at radius 2 is 1.73 bits per heavy atom. The number of sulfonamides is 1. The summed E-state index contributed by atoms with van der Waals surface area (Å²) < 4.78 is 33.0. The monoisotopic (exact) mass is 484 g/mol. The molecule has 3 aromatic carbocycles. The van der Waals surface area contributed by atoms with Crippen LogP contribution in [0.15, 0.2) is 82.6 Å². The molecule has 8 heteroatoms. The summed E-state index contributed by atoms with van der Waals surface area (Å²) in [5.74, 6) is 0.571. The van der Waals surface area contributed by atoms with E-state index < -0.39 is 10.0 Å². The quantitative estimate of drug-likeness (QED) is 0.342. The molecule has 0 aromatic heterocycles. The fraction of sp³-hybridized carbons (Fsp3) is 0.240. The van der Waals surface area contributed by atoms with Crippen LogP contribution in [0.3, 0.4) is 0 Å². The van der Waals surface area contributed by atoms with Gasteiger partial charge in [-0.2, -0.15) is 4.31 Å². The molecule has 0 atom stereocenters. The Morgan fingerprint density at radius 3 is 2.39 bits per heavy atom. The number of hydrogen-bond donors (Lipinski definition) is 1. The van der Waals surface area contributed by atoms with Crippen molar-refractivity contribution in [1.82, 2.24) is 9.62 Å². The van der Waals surface area contributed by atoms with Gasteiger partial charge in [-0.15, -0.1) is 11.8 Å². The molecule has 6 nitrogen and oxygen atoms in total. The summed E-state index contributed by atoms with van der Waals surface area (Å²) in [6, 6.07) is 22.0. The molecular formula is C25H28N2O4S2. The Morgan fingerprint density at radius 1 is 1.03 bits per heavy atom. The normalized spacial score (nSPS) is 11.4. The van der Waals surface area contributed by atoms with Crippen molar-refractivity contribution in [2.24, 2.45) is 0 Å². The lowest BCUT2D eigenvalue weighted by atomic mass is 10.2. The molecule has 1 amide bonds. The minimum absolute atomic E-state index is 0.0369. The van der Waals surface area contributed by atoms with Crippen LogP contribution in [0, 0.1) is 6.92 Å². The van der Waals surface area contributed by atoms with Crippen LogP contribution < -0.4 is 10.1 Å². The van der Waals surface area contributed by atoms with Gasteiger partial charge in [0.1, 0.15) is 10.6 Å². The minimum Gasteiger partial charge on any atom is -0.495 e. The zero-order valence-corrected chi connectivity index (χ0v) is 20.6. The highest BCUT2D eigenvalue weighted by molar-refractivity contribution is 7.99. The summed E-state index contributed by atoms with van der Waals surface area (Å²) in [6.45, 7) is 2.70. The lowest BCUT2D eigenvalue weighted by Gasteiger charge is -2.19. The predicted molar refractivity (Wildman–Crippen MR) is 132 cm³/mol. The number of carbonyl (C=O) groups excluding carboxylic acids is 1. The van der Waals surface area contributed by atoms with E-state index in [-0.39, 0.29) is 28.7 Å². The molecule has 0 aliphatic heterocycles. The van der Waals surface area contributed by atoms with E-state index in [0.29, 0.717) is 12.3 Å². The van der Waals surface area contributed by atoms with Crippen LogP contribution >= 0.6 is 11.8 Å². The highest BCUT2D eigenvalue weighted by Crippen LogP contribution is 2.28. The van der Waals surface area contributed by atoms with Gasteiger partial charge in [-0.3, -0.25) is 4.79 Å². The summed E-state index contributed by atoms with van der Waals surface area (Å²) in [5, 5.41) is 2.86. The third-order valence-electron chi connectivity index (χ3n) is 5.04. The zero-order chi connectivity index (χ0) is 23.8. The number of nitrogens with one attached hydrogen (secondary N) is 1. The molecule has 33 heavy (non-hydrogen) atoms. The maximum absolute atomic E-state index is 13.2. The molecule has 3 rings (SSSR count). The fourth-order valence-electron chi connectivity index (χ4n) is 3.18. The minimum atomic E-state index is -3.88. The van der Waals surface area contributed by atoms with E-state index in [4.69, 9.17) is 4.74 Å². The molecule has 3 aromatic rings. The van der Waals surface area contributed by atoms with Gasteiger partial charge in [-0.25, -0.2) is 8.42 Å². The highest BCUT2D eigenvalue weighted by Gasteiger charge is 2.26. The van der Waals surface area contributed by atoms with Crippen LogP contribution in [-0.4, -0.2) is 45.1 Å². The molecule has 1 N–H and O–H groups in total. The summed E-state index contributed by atoms with van der Waals surface area (Å²) in [7, 11) is -0.955. The maximum Gasteiger partial charge on any atom is 0.251 e. The van der Waals surface area contributed by atoms with Crippen LogP contribution in [0.2, 0.25) is 0 Å². The number of hydrogen-bond acceptors (Lipinski definition) is 5. The SMILES string of the molecule is COc1ccc(C(=O)NCCSc2ccc(C)cc2)cc1S(=O)(=O)N(C)Cc1ccccc1. The summed E-state index contributed by atoms with van der Waals surface area (Å²) in [5.41, 5.74) is 2.33. The van der Waals surface area contributed by atoms with E-state index >= 15 is 0 Å². The van der Waals surface area contributed by atoms with E-state index in [2.05, 4.69) is 17.4 Å². The van der Waals surface area contributed by atoms with Crippen molar-refractivity contribution < 1.29 is 17.9 Å². The van der Waals surface area contributed by atoms with Gasteiger partial charge < -0.3 is 10.1 Å². The Hall–Kier alpha value is -2.81. The van der Waals surface area contributed by atoms with Crippen molar-refractivity contribution in [2.75, 3.05) is 26.5 Å². The number of methoxy groups -OCH3 is 1. The smallest absolute Gasteiger partial charge is 0.251 e. The molecule has 0 spiro atoms. The van der Waals surface area contributed by atoms with Crippen molar-refractivity contribution in [2.45, 2.75) is 23.3 Å². The van der Waals surface area contributed by atoms with E-state index in [1.54, 1.807) is 17.8 Å². The first kappa shape index (κ1) is 24.8. The van der Waals surface area contributed by atoms with Gasteiger partial charge in [0.15, 0.2) is 0 Å². The van der Waals surface area contributed by atoms with E-state index in [9.17, 15) is 13.2 Å². The second-order valence-corrected chi connectivity index (χ2v) is 10.7. The Balaban J connectivity index is 1.68. The fourth-order valence-corrected chi connectivity index (χ4v) is 5.29. The number of carbonyl (C=O) groups is 1. The predicted octanol–water partition coefficient (Wildman–Crippen LogP) is 4.35. The van der Waals surface area contributed by atoms with E-state index in [1.807, 2.05) is 49.4 Å². The third-order valence-corrected chi connectivity index (χ3v) is 7.88. The number of thioether (sulfide) groups is 1. The van der Waals surface area contributed by atoms with Crippen LogP contribution in [0.4, 0.5) is 0 Å². The first-order valence-electron chi connectivity index (χ1n) is 10.5. The average Bonchev–Trinajstić information content (AvgIpc) is 2.83. The number of nitrogens with zero attached hydrogens (tertiary/aromatic N) is 1. The molecule has 0 unspecified atom stereocenters. The number of rotatable bonds is 10. The van der Waals surface area contributed by atoms with Crippen LogP contribution in [0.5, 0.6) is 5.75 Å². The second kappa shape index (κ2) is 11.4. The standard InChI is InChI=1S/C25H28N2O4S2/c1-19-9-12-22(13-10-19)32-16-15-26-25(28)21-11-14-23(31-3)24(17-21)33(29,30)27(2)18-20-7-5-4-6-8-20/h4-14,17H,15-16,18H2,1-3H3,(H,26,28). The third kappa shape index (κ3) is 6.60. The van der Waals surface area contributed by atoms with Gasteiger partial charge in [0.05, 0.1) is 7.11 Å². The molecule has 0 radical (unpaired) electrons. The molecule has 0 aliphatic rings. The van der Waals surface area contributed by atoms with E-state index in [0.717, 1.165) is 10.5 Å². The Labute approximate surface area is 200 Å². The number of aryl methyl sites for hydroxylation is 1. The summed E-state index contributed by atoms with van der Waals surface area (Å²) in [6.07, 6.45) is 0. The van der Waals surface area contributed by atoms with Crippen LogP contribution in [0.1, 0.15) is 21.5 Å². The van der Waals surface area contributed by atoms with Crippen molar-refractivity contribution in [1.29, 1.82) is 0 Å². The van der Waals surface area contributed by atoms with Gasteiger partial charge in [0.25, 0.3) is 5.91 Å². The Bertz CT molecular complexity index is 1180. The largest absolute Gasteiger partial charge is 0.495 e. The number of ether oxygens (including phenoxy) is 1. The second-order valence-electron chi connectivity index (χ2n) is 7.53. The zero-order valence-electron chi connectivity index (χ0n) is 18.9. The van der Waals surface area contributed by atoms with Crippen molar-refractivity contribution >= 4 is 27.7 Å². The van der Waals surface area contributed by atoms with Gasteiger partial charge in [0.2, 0.25) is 10.0 Å². The lowest BCUT2D eigenvalue weighted by Crippen LogP contribution is -2.28. The van der Waals surface area contributed by atoms with Gasteiger partial charge >= 0.3 is 0 Å². The first-order valence-corrected chi connectivity index (χ1v) is 12.9. The summed E-state index contributed by atoms with van der Waals surface area (Å²) in [4.78, 5) is 13.8. The molecule has 174 valence electrons. The molecular weight excluding hydrogens is 456 g/mol. The van der Waals surface area contributed by atoms with Crippen molar-refractivity contribution in [3.05, 3.63) is 89.5 Å².